The Morgan fingerprint density at radius 1 is 1.19 bits per heavy atom. The van der Waals surface area contributed by atoms with Crippen molar-refractivity contribution >= 4 is 0 Å². The largest absolute Gasteiger partial charge is 0.381 e. The van der Waals surface area contributed by atoms with Crippen molar-refractivity contribution in [2.24, 2.45) is 11.1 Å². The van der Waals surface area contributed by atoms with Gasteiger partial charge in [-0.1, -0.05) is 13.8 Å². The van der Waals surface area contributed by atoms with Gasteiger partial charge in [-0.05, 0) is 25.7 Å². The zero-order chi connectivity index (χ0) is 11.6. The minimum atomic E-state index is 0.0345. The van der Waals surface area contributed by atoms with Gasteiger partial charge in [0.25, 0.3) is 0 Å². The van der Waals surface area contributed by atoms with Gasteiger partial charge in [0.2, 0.25) is 0 Å². The van der Waals surface area contributed by atoms with Crippen molar-refractivity contribution in [2.75, 3.05) is 32.8 Å². The van der Waals surface area contributed by atoms with E-state index in [1.165, 1.54) is 25.9 Å². The van der Waals surface area contributed by atoms with Crippen molar-refractivity contribution in [3.8, 4) is 0 Å². The Hall–Kier alpha value is -0.120. The number of hydrogen-bond donors (Lipinski definition) is 1. The van der Waals surface area contributed by atoms with Crippen LogP contribution in [0.25, 0.3) is 0 Å². The van der Waals surface area contributed by atoms with Crippen LogP contribution in [-0.2, 0) is 4.74 Å². The minimum absolute atomic E-state index is 0.0345. The third kappa shape index (κ3) is 2.41. The summed E-state index contributed by atoms with van der Waals surface area (Å²) in [4.78, 5) is 2.54. The maximum absolute atomic E-state index is 6.36. The Balaban J connectivity index is 1.79. The third-order valence-electron chi connectivity index (χ3n) is 4.62. The first-order valence-corrected chi connectivity index (χ1v) is 6.70. The Kier molecular flexibility index (Phi) is 3.57. The molecule has 0 amide bonds. The topological polar surface area (TPSA) is 38.5 Å². The highest BCUT2D eigenvalue weighted by molar-refractivity contribution is 4.99. The average molecular weight is 226 g/mol. The molecule has 94 valence electrons. The fourth-order valence-corrected chi connectivity index (χ4v) is 3.05. The lowest BCUT2D eigenvalue weighted by molar-refractivity contribution is -0.0870. The van der Waals surface area contributed by atoms with E-state index in [1.54, 1.807) is 0 Å². The van der Waals surface area contributed by atoms with Crippen LogP contribution in [0.1, 0.15) is 39.5 Å². The van der Waals surface area contributed by atoms with Crippen molar-refractivity contribution in [3.05, 3.63) is 0 Å². The SMILES string of the molecule is CCC(N)(CC)CN1CC2(CCOCC2)C1. The Morgan fingerprint density at radius 2 is 1.75 bits per heavy atom. The van der Waals surface area contributed by atoms with Crippen LogP contribution in [0.5, 0.6) is 0 Å². The molecule has 0 aromatic rings. The van der Waals surface area contributed by atoms with Crippen LogP contribution in [-0.4, -0.2) is 43.3 Å². The van der Waals surface area contributed by atoms with Crippen LogP contribution in [0.15, 0.2) is 0 Å². The minimum Gasteiger partial charge on any atom is -0.381 e. The van der Waals surface area contributed by atoms with Crippen molar-refractivity contribution in [1.82, 2.24) is 4.90 Å². The van der Waals surface area contributed by atoms with Crippen molar-refractivity contribution in [3.63, 3.8) is 0 Å². The van der Waals surface area contributed by atoms with Gasteiger partial charge in [-0.15, -0.1) is 0 Å². The van der Waals surface area contributed by atoms with E-state index in [2.05, 4.69) is 18.7 Å². The fraction of sp³-hybridized carbons (Fsp3) is 1.00. The molecule has 2 heterocycles. The molecule has 0 unspecified atom stereocenters. The Bertz CT molecular complexity index is 224. The Morgan fingerprint density at radius 3 is 2.25 bits per heavy atom. The van der Waals surface area contributed by atoms with Gasteiger partial charge in [0, 0.05) is 43.8 Å². The molecule has 2 aliphatic heterocycles. The monoisotopic (exact) mass is 226 g/mol. The number of ether oxygens (including phenoxy) is 1. The summed E-state index contributed by atoms with van der Waals surface area (Å²) in [6, 6.07) is 0. The first-order valence-electron chi connectivity index (χ1n) is 6.70. The lowest BCUT2D eigenvalue weighted by Crippen LogP contribution is -2.63. The van der Waals surface area contributed by atoms with Gasteiger partial charge in [-0.2, -0.15) is 0 Å². The van der Waals surface area contributed by atoms with Crippen LogP contribution in [0.4, 0.5) is 0 Å². The molecule has 0 aliphatic carbocycles. The van der Waals surface area contributed by atoms with E-state index in [9.17, 15) is 0 Å². The molecule has 2 saturated heterocycles. The molecule has 2 fully saturated rings. The van der Waals surface area contributed by atoms with Gasteiger partial charge in [0.1, 0.15) is 0 Å². The highest BCUT2D eigenvalue weighted by Gasteiger charge is 2.45. The summed E-state index contributed by atoms with van der Waals surface area (Å²) in [6.07, 6.45) is 4.66. The number of likely N-dealkylation sites (tertiary alicyclic amines) is 1. The molecule has 1 spiro atoms. The van der Waals surface area contributed by atoms with Crippen LogP contribution >= 0.6 is 0 Å². The highest BCUT2D eigenvalue weighted by Crippen LogP contribution is 2.40. The standard InChI is InChI=1S/C13H26N2O/c1-3-13(14,4-2)11-15-9-12(10-15)5-7-16-8-6-12/h3-11,14H2,1-2H3. The summed E-state index contributed by atoms with van der Waals surface area (Å²) in [5.41, 5.74) is 6.98. The summed E-state index contributed by atoms with van der Waals surface area (Å²) in [7, 11) is 0. The average Bonchev–Trinajstić information content (AvgIpc) is 2.28. The maximum Gasteiger partial charge on any atom is 0.0472 e. The van der Waals surface area contributed by atoms with Crippen LogP contribution < -0.4 is 5.73 Å². The van der Waals surface area contributed by atoms with E-state index in [0.29, 0.717) is 5.41 Å². The molecule has 0 radical (unpaired) electrons. The predicted octanol–water partition coefficient (Wildman–Crippen LogP) is 1.62. The van der Waals surface area contributed by atoms with E-state index >= 15 is 0 Å². The molecule has 2 rings (SSSR count). The number of rotatable bonds is 4. The van der Waals surface area contributed by atoms with Crippen LogP contribution in [0.2, 0.25) is 0 Å². The first-order chi connectivity index (χ1) is 7.61. The molecule has 2 aliphatic rings. The molecular weight excluding hydrogens is 200 g/mol. The van der Waals surface area contributed by atoms with Crippen LogP contribution in [0.3, 0.4) is 0 Å². The van der Waals surface area contributed by atoms with Crippen molar-refractivity contribution in [1.29, 1.82) is 0 Å². The quantitative estimate of drug-likeness (QED) is 0.791. The molecule has 3 nitrogen and oxygen atoms in total. The summed E-state index contributed by atoms with van der Waals surface area (Å²) in [5.74, 6) is 0. The van der Waals surface area contributed by atoms with E-state index in [1.807, 2.05) is 0 Å². The molecule has 16 heavy (non-hydrogen) atoms. The van der Waals surface area contributed by atoms with Gasteiger partial charge in [0.05, 0.1) is 0 Å². The lowest BCUT2D eigenvalue weighted by atomic mass is 9.72. The zero-order valence-corrected chi connectivity index (χ0v) is 10.8. The van der Waals surface area contributed by atoms with E-state index in [-0.39, 0.29) is 5.54 Å². The molecule has 0 atom stereocenters. The number of nitrogens with two attached hydrogens (primary N) is 1. The van der Waals surface area contributed by atoms with Crippen LogP contribution in [0, 0.1) is 5.41 Å². The zero-order valence-electron chi connectivity index (χ0n) is 10.8. The summed E-state index contributed by atoms with van der Waals surface area (Å²) in [6.45, 7) is 9.89. The van der Waals surface area contributed by atoms with E-state index < -0.39 is 0 Å². The summed E-state index contributed by atoms with van der Waals surface area (Å²) < 4.78 is 5.44. The van der Waals surface area contributed by atoms with Crippen molar-refractivity contribution < 1.29 is 4.74 Å². The van der Waals surface area contributed by atoms with E-state index in [4.69, 9.17) is 10.5 Å². The number of hydrogen-bond acceptors (Lipinski definition) is 3. The fourth-order valence-electron chi connectivity index (χ4n) is 3.05. The molecule has 0 aromatic heterocycles. The van der Waals surface area contributed by atoms with Gasteiger partial charge in [-0.3, -0.25) is 0 Å². The Labute approximate surface area is 99.3 Å². The molecule has 2 N–H and O–H groups in total. The molecule has 0 bridgehead atoms. The molecule has 0 aromatic carbocycles. The normalized spacial score (nSPS) is 25.7. The molecule has 0 saturated carbocycles. The van der Waals surface area contributed by atoms with Gasteiger partial charge < -0.3 is 15.4 Å². The van der Waals surface area contributed by atoms with Gasteiger partial charge in [-0.25, -0.2) is 0 Å². The van der Waals surface area contributed by atoms with Crippen molar-refractivity contribution in [2.45, 2.75) is 45.1 Å². The molecular formula is C13H26N2O. The second kappa shape index (κ2) is 4.63. The molecule has 3 heteroatoms. The third-order valence-corrected chi connectivity index (χ3v) is 4.62. The second-order valence-electron chi connectivity index (χ2n) is 5.83. The smallest absolute Gasteiger partial charge is 0.0472 e. The lowest BCUT2D eigenvalue weighted by Gasteiger charge is -2.54. The predicted molar refractivity (Wildman–Crippen MR) is 66.4 cm³/mol. The van der Waals surface area contributed by atoms with Gasteiger partial charge >= 0.3 is 0 Å². The summed E-state index contributed by atoms with van der Waals surface area (Å²) in [5, 5.41) is 0. The number of nitrogens with zero attached hydrogens (tertiary/aromatic N) is 1. The first kappa shape index (κ1) is 12.3. The van der Waals surface area contributed by atoms with Gasteiger partial charge in [0.15, 0.2) is 0 Å². The van der Waals surface area contributed by atoms with E-state index in [0.717, 1.165) is 32.6 Å². The summed E-state index contributed by atoms with van der Waals surface area (Å²) >= 11 is 0. The highest BCUT2D eigenvalue weighted by atomic mass is 16.5. The second-order valence-corrected chi connectivity index (χ2v) is 5.83. The maximum atomic E-state index is 6.36.